The second-order valence-corrected chi connectivity index (χ2v) is 9.67. The van der Waals surface area contributed by atoms with E-state index in [2.05, 4.69) is 36.1 Å². The summed E-state index contributed by atoms with van der Waals surface area (Å²) in [6.45, 7) is 5.74. The van der Waals surface area contributed by atoms with Crippen molar-refractivity contribution >= 4 is 17.7 Å². The number of ether oxygens (including phenoxy) is 1. The SMILES string of the molecule is CCCCCCSC(C(=O)OCCN1CCCCC1)(c1ccccc1)c1ccccc1. The molecule has 1 aliphatic heterocycles. The molecule has 168 valence electrons. The second kappa shape index (κ2) is 12.9. The van der Waals surface area contributed by atoms with E-state index in [0.29, 0.717) is 6.61 Å². The van der Waals surface area contributed by atoms with E-state index in [1.54, 1.807) is 11.8 Å². The Morgan fingerprint density at radius 3 is 2.10 bits per heavy atom. The smallest absolute Gasteiger partial charge is 0.331 e. The minimum atomic E-state index is -0.823. The third kappa shape index (κ3) is 6.60. The first-order valence-corrected chi connectivity index (χ1v) is 12.9. The second-order valence-electron chi connectivity index (χ2n) is 8.36. The van der Waals surface area contributed by atoms with E-state index in [0.717, 1.165) is 42.9 Å². The summed E-state index contributed by atoms with van der Waals surface area (Å²) in [5.74, 6) is 0.799. The van der Waals surface area contributed by atoms with Crippen LogP contribution in [0, 0.1) is 0 Å². The number of piperidine rings is 1. The van der Waals surface area contributed by atoms with Gasteiger partial charge in [-0.15, -0.1) is 11.8 Å². The molecule has 1 saturated heterocycles. The van der Waals surface area contributed by atoms with Crippen LogP contribution in [0.2, 0.25) is 0 Å². The lowest BCUT2D eigenvalue weighted by Gasteiger charge is -2.33. The Bertz CT molecular complexity index is 720. The maximum absolute atomic E-state index is 13.8. The Kier molecular flexibility index (Phi) is 9.95. The van der Waals surface area contributed by atoms with Crippen molar-refractivity contribution in [1.82, 2.24) is 4.90 Å². The van der Waals surface area contributed by atoms with Crippen LogP contribution in [0.4, 0.5) is 0 Å². The highest BCUT2D eigenvalue weighted by Gasteiger charge is 2.44. The van der Waals surface area contributed by atoms with E-state index in [1.807, 2.05) is 36.4 Å². The molecule has 0 bridgehead atoms. The van der Waals surface area contributed by atoms with Gasteiger partial charge in [0.05, 0.1) is 0 Å². The van der Waals surface area contributed by atoms with Gasteiger partial charge in [-0.3, -0.25) is 4.90 Å². The van der Waals surface area contributed by atoms with E-state index in [-0.39, 0.29) is 5.97 Å². The molecular weight excluding hydrogens is 402 g/mol. The molecule has 0 aromatic heterocycles. The lowest BCUT2D eigenvalue weighted by atomic mass is 9.90. The maximum atomic E-state index is 13.8. The quantitative estimate of drug-likeness (QED) is 0.288. The van der Waals surface area contributed by atoms with Gasteiger partial charge in [-0.05, 0) is 49.2 Å². The number of rotatable bonds is 12. The number of thioether (sulfide) groups is 1. The van der Waals surface area contributed by atoms with E-state index in [9.17, 15) is 4.79 Å². The minimum Gasteiger partial charge on any atom is -0.463 e. The maximum Gasteiger partial charge on any atom is 0.331 e. The number of esters is 1. The zero-order valence-electron chi connectivity index (χ0n) is 18.9. The van der Waals surface area contributed by atoms with Gasteiger partial charge in [0.2, 0.25) is 0 Å². The molecule has 2 aromatic carbocycles. The van der Waals surface area contributed by atoms with Crippen molar-refractivity contribution in [2.45, 2.75) is 56.6 Å². The summed E-state index contributed by atoms with van der Waals surface area (Å²) in [5, 5.41) is 0. The van der Waals surface area contributed by atoms with Crippen molar-refractivity contribution in [2.24, 2.45) is 0 Å². The van der Waals surface area contributed by atoms with Crippen molar-refractivity contribution in [1.29, 1.82) is 0 Å². The van der Waals surface area contributed by atoms with E-state index >= 15 is 0 Å². The van der Waals surface area contributed by atoms with Crippen molar-refractivity contribution in [3.8, 4) is 0 Å². The lowest BCUT2D eigenvalue weighted by Crippen LogP contribution is -2.38. The largest absolute Gasteiger partial charge is 0.463 e. The van der Waals surface area contributed by atoms with Crippen LogP contribution in [-0.2, 0) is 14.3 Å². The first-order chi connectivity index (χ1) is 15.3. The summed E-state index contributed by atoms with van der Waals surface area (Å²) in [7, 11) is 0. The lowest BCUT2D eigenvalue weighted by molar-refractivity contribution is -0.146. The highest BCUT2D eigenvalue weighted by Crippen LogP contribution is 2.44. The molecule has 3 rings (SSSR count). The molecule has 1 fully saturated rings. The predicted octanol–water partition coefficient (Wildman–Crippen LogP) is 6.27. The number of nitrogens with zero attached hydrogens (tertiary/aromatic N) is 1. The van der Waals surface area contributed by atoms with Crippen molar-refractivity contribution < 1.29 is 9.53 Å². The molecule has 0 spiro atoms. The normalized spacial score (nSPS) is 15.0. The van der Waals surface area contributed by atoms with E-state index in [1.165, 1.54) is 38.5 Å². The van der Waals surface area contributed by atoms with Crippen LogP contribution < -0.4 is 0 Å². The van der Waals surface area contributed by atoms with Gasteiger partial charge in [-0.2, -0.15) is 0 Å². The summed E-state index contributed by atoms with van der Waals surface area (Å²) in [6.07, 6.45) is 8.58. The van der Waals surface area contributed by atoms with Crippen LogP contribution in [0.3, 0.4) is 0 Å². The molecule has 0 amide bonds. The fourth-order valence-electron chi connectivity index (χ4n) is 4.28. The molecule has 2 aromatic rings. The Hall–Kier alpha value is -1.78. The number of carbonyl (C=O) groups excluding carboxylic acids is 1. The summed E-state index contributed by atoms with van der Waals surface area (Å²) >= 11 is 1.73. The standard InChI is InChI=1S/C27H37NO2S/c1-2-3-4-14-23-31-27(24-15-8-5-9-16-24,25-17-10-6-11-18-25)26(29)30-22-21-28-19-12-7-13-20-28/h5-6,8-11,15-18H,2-4,7,12-14,19-23H2,1H3. The van der Waals surface area contributed by atoms with Gasteiger partial charge in [-0.25, -0.2) is 4.79 Å². The molecule has 1 aliphatic rings. The fraction of sp³-hybridized carbons (Fsp3) is 0.519. The number of likely N-dealkylation sites (tertiary alicyclic amines) is 1. The van der Waals surface area contributed by atoms with Crippen molar-refractivity contribution in [3.05, 3.63) is 71.8 Å². The van der Waals surface area contributed by atoms with Crippen LogP contribution in [-0.4, -0.2) is 42.9 Å². The topological polar surface area (TPSA) is 29.5 Å². The van der Waals surface area contributed by atoms with E-state index in [4.69, 9.17) is 4.74 Å². The Balaban J connectivity index is 1.81. The number of hydrogen-bond donors (Lipinski definition) is 0. The molecular formula is C27H37NO2S. The number of unbranched alkanes of at least 4 members (excludes halogenated alkanes) is 3. The Morgan fingerprint density at radius 1 is 0.903 bits per heavy atom. The molecule has 4 heteroatoms. The van der Waals surface area contributed by atoms with Gasteiger partial charge < -0.3 is 4.74 Å². The number of hydrogen-bond acceptors (Lipinski definition) is 4. The molecule has 0 aliphatic carbocycles. The van der Waals surface area contributed by atoms with Gasteiger partial charge in [0.15, 0.2) is 4.75 Å². The predicted molar refractivity (Wildman–Crippen MR) is 132 cm³/mol. The summed E-state index contributed by atoms with van der Waals surface area (Å²) in [5.41, 5.74) is 2.01. The average molecular weight is 440 g/mol. The van der Waals surface area contributed by atoms with Crippen LogP contribution in [0.25, 0.3) is 0 Å². The van der Waals surface area contributed by atoms with Crippen molar-refractivity contribution in [3.63, 3.8) is 0 Å². The molecule has 0 saturated carbocycles. The molecule has 1 heterocycles. The fourth-order valence-corrected chi connectivity index (χ4v) is 5.72. The van der Waals surface area contributed by atoms with Crippen molar-refractivity contribution in [2.75, 3.05) is 32.0 Å². The summed E-state index contributed by atoms with van der Waals surface area (Å²) < 4.78 is 5.17. The molecule has 31 heavy (non-hydrogen) atoms. The van der Waals surface area contributed by atoms with Crippen LogP contribution in [0.5, 0.6) is 0 Å². The Morgan fingerprint density at radius 2 is 1.52 bits per heavy atom. The van der Waals surface area contributed by atoms with Gasteiger partial charge in [0, 0.05) is 6.54 Å². The average Bonchev–Trinajstić information content (AvgIpc) is 2.83. The highest BCUT2D eigenvalue weighted by molar-refractivity contribution is 8.01. The van der Waals surface area contributed by atoms with Crippen LogP contribution in [0.1, 0.15) is 63.0 Å². The van der Waals surface area contributed by atoms with Gasteiger partial charge in [-0.1, -0.05) is 93.3 Å². The van der Waals surface area contributed by atoms with Crippen LogP contribution >= 0.6 is 11.8 Å². The number of carbonyl (C=O) groups is 1. The van der Waals surface area contributed by atoms with Crippen LogP contribution in [0.15, 0.2) is 60.7 Å². The molecule has 0 radical (unpaired) electrons. The minimum absolute atomic E-state index is 0.137. The van der Waals surface area contributed by atoms with Gasteiger partial charge in [0.25, 0.3) is 0 Å². The first kappa shape index (κ1) is 23.9. The summed E-state index contributed by atoms with van der Waals surface area (Å²) in [6, 6.07) is 20.4. The zero-order chi connectivity index (χ0) is 21.8. The molecule has 0 unspecified atom stereocenters. The third-order valence-corrected chi connectivity index (χ3v) is 7.62. The monoisotopic (exact) mass is 439 g/mol. The summed E-state index contributed by atoms with van der Waals surface area (Å²) in [4.78, 5) is 16.2. The first-order valence-electron chi connectivity index (χ1n) is 11.9. The van der Waals surface area contributed by atoms with Gasteiger partial charge in [0.1, 0.15) is 6.61 Å². The highest BCUT2D eigenvalue weighted by atomic mass is 32.2. The third-order valence-electron chi connectivity index (χ3n) is 6.05. The number of benzene rings is 2. The van der Waals surface area contributed by atoms with Gasteiger partial charge >= 0.3 is 5.97 Å². The zero-order valence-corrected chi connectivity index (χ0v) is 19.7. The molecule has 0 atom stereocenters. The Labute approximate surface area is 192 Å². The molecule has 3 nitrogen and oxygen atoms in total. The molecule has 0 N–H and O–H groups in total. The van der Waals surface area contributed by atoms with E-state index < -0.39 is 4.75 Å².